The molecule has 0 radical (unpaired) electrons. The van der Waals surface area contributed by atoms with Crippen molar-refractivity contribution in [1.29, 1.82) is 0 Å². The fourth-order valence-electron chi connectivity index (χ4n) is 1.34. The number of rotatable bonds is 3. The van der Waals surface area contributed by atoms with Gasteiger partial charge in [0.05, 0.1) is 11.6 Å². The Bertz CT molecular complexity index is 471. The van der Waals surface area contributed by atoms with Crippen LogP contribution < -0.4 is 4.74 Å². The molecule has 2 rings (SSSR count). The molecular formula is C13H11BrOS. The van der Waals surface area contributed by atoms with E-state index in [2.05, 4.69) is 34.1 Å². The lowest BCUT2D eigenvalue weighted by molar-refractivity contribution is 0.411. The predicted molar refractivity (Wildman–Crippen MR) is 71.3 cm³/mol. The number of halogens is 1. The molecule has 0 aromatic heterocycles. The van der Waals surface area contributed by atoms with Gasteiger partial charge in [-0.05, 0) is 40.2 Å². The van der Waals surface area contributed by atoms with E-state index in [0.717, 1.165) is 15.1 Å². The molecule has 82 valence electrons. The monoisotopic (exact) mass is 294 g/mol. The Morgan fingerprint density at radius 1 is 1.00 bits per heavy atom. The van der Waals surface area contributed by atoms with Gasteiger partial charge in [0, 0.05) is 9.79 Å². The van der Waals surface area contributed by atoms with E-state index in [9.17, 15) is 0 Å². The van der Waals surface area contributed by atoms with E-state index in [4.69, 9.17) is 4.74 Å². The van der Waals surface area contributed by atoms with E-state index >= 15 is 0 Å². The van der Waals surface area contributed by atoms with Crippen molar-refractivity contribution in [3.8, 4) is 5.75 Å². The summed E-state index contributed by atoms with van der Waals surface area (Å²) in [7, 11) is 1.68. The highest BCUT2D eigenvalue weighted by Crippen LogP contribution is 2.38. The van der Waals surface area contributed by atoms with Crippen molar-refractivity contribution >= 4 is 27.7 Å². The van der Waals surface area contributed by atoms with Crippen molar-refractivity contribution in [2.75, 3.05) is 7.11 Å². The SMILES string of the molecule is COc1cccc(Sc2ccccc2)c1Br. The number of hydrogen-bond acceptors (Lipinski definition) is 2. The molecule has 2 aromatic carbocycles. The summed E-state index contributed by atoms with van der Waals surface area (Å²) in [4.78, 5) is 2.38. The minimum absolute atomic E-state index is 0.862. The van der Waals surface area contributed by atoms with E-state index in [1.165, 1.54) is 4.90 Å². The zero-order chi connectivity index (χ0) is 11.4. The van der Waals surface area contributed by atoms with Gasteiger partial charge in [-0.3, -0.25) is 0 Å². The average molecular weight is 295 g/mol. The summed E-state index contributed by atoms with van der Waals surface area (Å²) in [5.41, 5.74) is 0. The Hall–Kier alpha value is -0.930. The maximum absolute atomic E-state index is 5.26. The standard InChI is InChI=1S/C13H11BrOS/c1-15-11-8-5-9-12(13(11)14)16-10-6-3-2-4-7-10/h2-9H,1H3. The van der Waals surface area contributed by atoms with Crippen LogP contribution in [-0.4, -0.2) is 7.11 Å². The Morgan fingerprint density at radius 2 is 1.75 bits per heavy atom. The summed E-state index contributed by atoms with van der Waals surface area (Å²) in [6.07, 6.45) is 0. The summed E-state index contributed by atoms with van der Waals surface area (Å²) in [6, 6.07) is 16.3. The van der Waals surface area contributed by atoms with Gasteiger partial charge in [0.15, 0.2) is 0 Å². The lowest BCUT2D eigenvalue weighted by atomic mass is 10.3. The molecule has 0 saturated carbocycles. The Labute approximate surface area is 108 Å². The third-order valence-electron chi connectivity index (χ3n) is 2.12. The minimum Gasteiger partial charge on any atom is -0.496 e. The second-order valence-corrected chi connectivity index (χ2v) is 5.10. The van der Waals surface area contributed by atoms with Gasteiger partial charge in [0.25, 0.3) is 0 Å². The van der Waals surface area contributed by atoms with Gasteiger partial charge >= 0.3 is 0 Å². The molecule has 1 nitrogen and oxygen atoms in total. The number of hydrogen-bond donors (Lipinski definition) is 0. The third kappa shape index (κ3) is 2.60. The third-order valence-corrected chi connectivity index (χ3v) is 4.27. The maximum atomic E-state index is 5.26. The van der Waals surface area contributed by atoms with E-state index in [1.807, 2.05) is 30.3 Å². The van der Waals surface area contributed by atoms with Crippen LogP contribution >= 0.6 is 27.7 Å². The van der Waals surface area contributed by atoms with E-state index < -0.39 is 0 Å². The van der Waals surface area contributed by atoms with Gasteiger partial charge in [-0.25, -0.2) is 0 Å². The summed E-state index contributed by atoms with van der Waals surface area (Å²) in [5.74, 6) is 0.862. The first-order chi connectivity index (χ1) is 7.81. The van der Waals surface area contributed by atoms with E-state index in [-0.39, 0.29) is 0 Å². The van der Waals surface area contributed by atoms with Gasteiger partial charge < -0.3 is 4.74 Å². The first-order valence-corrected chi connectivity index (χ1v) is 6.47. The zero-order valence-corrected chi connectivity index (χ0v) is 11.2. The number of benzene rings is 2. The average Bonchev–Trinajstić information content (AvgIpc) is 2.33. The van der Waals surface area contributed by atoms with Gasteiger partial charge in [0.1, 0.15) is 5.75 Å². The van der Waals surface area contributed by atoms with Crippen molar-refractivity contribution in [2.45, 2.75) is 9.79 Å². The molecule has 0 aliphatic carbocycles. The van der Waals surface area contributed by atoms with Crippen LogP contribution in [0.4, 0.5) is 0 Å². The second kappa shape index (κ2) is 5.41. The lowest BCUT2D eigenvalue weighted by Crippen LogP contribution is -1.85. The van der Waals surface area contributed by atoms with Crippen LogP contribution in [-0.2, 0) is 0 Å². The Kier molecular flexibility index (Phi) is 3.91. The molecule has 0 atom stereocenters. The highest BCUT2D eigenvalue weighted by Gasteiger charge is 2.06. The van der Waals surface area contributed by atoms with Crippen molar-refractivity contribution in [3.05, 3.63) is 53.0 Å². The van der Waals surface area contributed by atoms with Crippen LogP contribution in [0.1, 0.15) is 0 Å². The van der Waals surface area contributed by atoms with Crippen LogP contribution in [0.15, 0.2) is 62.8 Å². The summed E-state index contributed by atoms with van der Waals surface area (Å²) >= 11 is 5.27. The molecule has 0 N–H and O–H groups in total. The Balaban J connectivity index is 2.28. The molecule has 0 amide bonds. The summed E-state index contributed by atoms with van der Waals surface area (Å²) in [6.45, 7) is 0. The molecule has 16 heavy (non-hydrogen) atoms. The molecule has 2 aromatic rings. The highest BCUT2D eigenvalue weighted by atomic mass is 79.9. The zero-order valence-electron chi connectivity index (χ0n) is 8.81. The topological polar surface area (TPSA) is 9.23 Å². The summed E-state index contributed by atoms with van der Waals surface area (Å²) < 4.78 is 6.27. The van der Waals surface area contributed by atoms with Gasteiger partial charge in [-0.2, -0.15) is 0 Å². The predicted octanol–water partition coefficient (Wildman–Crippen LogP) is 4.61. The largest absolute Gasteiger partial charge is 0.496 e. The summed E-state index contributed by atoms with van der Waals surface area (Å²) in [5, 5.41) is 0. The van der Waals surface area contributed by atoms with Gasteiger partial charge in [-0.15, -0.1) is 0 Å². The fraction of sp³-hybridized carbons (Fsp3) is 0.0769. The van der Waals surface area contributed by atoms with Crippen LogP contribution in [0, 0.1) is 0 Å². The van der Waals surface area contributed by atoms with Crippen molar-refractivity contribution in [2.24, 2.45) is 0 Å². The molecule has 0 bridgehead atoms. The number of ether oxygens (including phenoxy) is 1. The molecular weight excluding hydrogens is 284 g/mol. The van der Waals surface area contributed by atoms with Crippen LogP contribution in [0.3, 0.4) is 0 Å². The quantitative estimate of drug-likeness (QED) is 0.818. The molecule has 0 fully saturated rings. The smallest absolute Gasteiger partial charge is 0.134 e. The van der Waals surface area contributed by atoms with E-state index in [1.54, 1.807) is 18.9 Å². The highest BCUT2D eigenvalue weighted by molar-refractivity contribution is 9.10. The van der Waals surface area contributed by atoms with Crippen LogP contribution in [0.2, 0.25) is 0 Å². The van der Waals surface area contributed by atoms with Crippen LogP contribution in [0.5, 0.6) is 5.75 Å². The molecule has 0 aliphatic rings. The fourth-order valence-corrected chi connectivity index (χ4v) is 2.90. The van der Waals surface area contributed by atoms with Gasteiger partial charge in [0.2, 0.25) is 0 Å². The Morgan fingerprint density at radius 3 is 2.44 bits per heavy atom. The van der Waals surface area contributed by atoms with Crippen molar-refractivity contribution < 1.29 is 4.74 Å². The second-order valence-electron chi connectivity index (χ2n) is 3.19. The molecule has 0 unspecified atom stereocenters. The molecule has 0 heterocycles. The van der Waals surface area contributed by atoms with Gasteiger partial charge in [-0.1, -0.05) is 36.0 Å². The molecule has 0 saturated heterocycles. The molecule has 0 aliphatic heterocycles. The molecule has 3 heteroatoms. The lowest BCUT2D eigenvalue weighted by Gasteiger charge is -2.08. The maximum Gasteiger partial charge on any atom is 0.134 e. The van der Waals surface area contributed by atoms with Crippen molar-refractivity contribution in [1.82, 2.24) is 0 Å². The minimum atomic E-state index is 0.862. The van der Waals surface area contributed by atoms with Crippen molar-refractivity contribution in [3.63, 3.8) is 0 Å². The first-order valence-electron chi connectivity index (χ1n) is 4.86. The number of methoxy groups -OCH3 is 1. The molecule has 0 spiro atoms. The van der Waals surface area contributed by atoms with Crippen LogP contribution in [0.25, 0.3) is 0 Å². The van der Waals surface area contributed by atoms with E-state index in [0.29, 0.717) is 0 Å². The normalized spacial score (nSPS) is 10.1. The first kappa shape index (κ1) is 11.6.